The van der Waals surface area contributed by atoms with Gasteiger partial charge in [-0.3, -0.25) is 4.79 Å². The summed E-state index contributed by atoms with van der Waals surface area (Å²) in [6, 6.07) is 3.35. The van der Waals surface area contributed by atoms with Crippen molar-refractivity contribution in [2.24, 2.45) is 0 Å². The van der Waals surface area contributed by atoms with Crippen LogP contribution in [0.2, 0.25) is 0 Å². The van der Waals surface area contributed by atoms with Crippen molar-refractivity contribution in [1.82, 2.24) is 4.98 Å². The first kappa shape index (κ1) is 15.5. The number of methoxy groups -OCH3 is 1. The van der Waals surface area contributed by atoms with Gasteiger partial charge >= 0.3 is 0 Å². The summed E-state index contributed by atoms with van der Waals surface area (Å²) in [5, 5.41) is 1.66. The molecule has 9 heteroatoms. The van der Waals surface area contributed by atoms with Crippen LogP contribution >= 0.6 is 11.3 Å². The van der Waals surface area contributed by atoms with Crippen molar-refractivity contribution in [3.8, 4) is 5.75 Å². The number of benzene rings is 1. The van der Waals surface area contributed by atoms with Crippen molar-refractivity contribution in [3.63, 3.8) is 0 Å². The number of amides is 1. The quantitative estimate of drug-likeness (QED) is 0.817. The van der Waals surface area contributed by atoms with E-state index < -0.39 is 21.0 Å². The van der Waals surface area contributed by atoms with Gasteiger partial charge in [0.05, 0.1) is 11.8 Å². The molecule has 0 bridgehead atoms. The number of rotatable bonds is 4. The van der Waals surface area contributed by atoms with Crippen molar-refractivity contribution < 1.29 is 17.9 Å². The zero-order chi connectivity index (χ0) is 15.8. The molecule has 1 amide bonds. The second kappa shape index (κ2) is 5.49. The van der Waals surface area contributed by atoms with Crippen molar-refractivity contribution in [2.75, 3.05) is 24.4 Å². The molecule has 1 unspecified atom stereocenters. The number of nitrogen functional groups attached to an aromatic ring is 1. The van der Waals surface area contributed by atoms with Crippen LogP contribution in [0.15, 0.2) is 12.1 Å². The second-order valence-electron chi connectivity index (χ2n) is 4.55. The van der Waals surface area contributed by atoms with Crippen molar-refractivity contribution in [2.45, 2.75) is 12.2 Å². The maximum Gasteiger partial charge on any atom is 0.244 e. The zero-order valence-corrected chi connectivity index (χ0v) is 13.3. The topological polar surface area (TPSA) is 111 Å². The van der Waals surface area contributed by atoms with Crippen LogP contribution in [0.1, 0.15) is 6.92 Å². The van der Waals surface area contributed by atoms with E-state index in [-0.39, 0.29) is 0 Å². The molecule has 7 nitrogen and oxygen atoms in total. The molecule has 21 heavy (non-hydrogen) atoms. The standard InChI is InChI=1S/C12H15N3O4S2/c1-6(21(3,17)18)11(16)15-12-14-10-8(19-2)4-7(13)5-9(10)20-12/h4-6H,13H2,1-3H3,(H,14,15,16). The molecule has 2 aromatic rings. The summed E-state index contributed by atoms with van der Waals surface area (Å²) in [6.07, 6.45) is 1.01. The number of fused-ring (bicyclic) bond motifs is 1. The number of nitrogens with two attached hydrogens (primary N) is 1. The Hall–Kier alpha value is -1.87. The Labute approximate surface area is 126 Å². The number of ether oxygens (including phenoxy) is 1. The van der Waals surface area contributed by atoms with Gasteiger partial charge in [0, 0.05) is 18.0 Å². The molecule has 1 aromatic carbocycles. The Morgan fingerprint density at radius 1 is 1.48 bits per heavy atom. The number of aromatic nitrogens is 1. The minimum absolute atomic E-state index is 0.300. The van der Waals surface area contributed by atoms with Gasteiger partial charge in [-0.2, -0.15) is 0 Å². The van der Waals surface area contributed by atoms with Crippen LogP contribution in [-0.2, 0) is 14.6 Å². The van der Waals surface area contributed by atoms with Gasteiger partial charge in [-0.25, -0.2) is 13.4 Å². The molecule has 0 saturated heterocycles. The average Bonchev–Trinajstić information content (AvgIpc) is 2.77. The molecular formula is C12H15N3O4S2. The number of nitrogens with one attached hydrogen (secondary N) is 1. The molecule has 2 rings (SSSR count). The smallest absolute Gasteiger partial charge is 0.244 e. The molecule has 0 aliphatic heterocycles. The van der Waals surface area contributed by atoms with Crippen molar-refractivity contribution >= 4 is 48.1 Å². The summed E-state index contributed by atoms with van der Waals surface area (Å²) in [7, 11) is -1.95. The summed E-state index contributed by atoms with van der Waals surface area (Å²) < 4.78 is 28.7. The highest BCUT2D eigenvalue weighted by atomic mass is 32.2. The maximum absolute atomic E-state index is 11.9. The second-order valence-corrected chi connectivity index (χ2v) is 7.95. The molecule has 0 aliphatic carbocycles. The van der Waals surface area contributed by atoms with Crippen LogP contribution in [0.25, 0.3) is 10.2 Å². The van der Waals surface area contributed by atoms with Crippen LogP contribution in [0.5, 0.6) is 5.75 Å². The molecule has 1 atom stereocenters. The van der Waals surface area contributed by atoms with Crippen LogP contribution in [0, 0.1) is 0 Å². The van der Waals surface area contributed by atoms with E-state index >= 15 is 0 Å². The van der Waals surface area contributed by atoms with Crippen LogP contribution in [0.4, 0.5) is 10.8 Å². The van der Waals surface area contributed by atoms with Gasteiger partial charge in [0.25, 0.3) is 0 Å². The predicted molar refractivity (Wildman–Crippen MR) is 83.5 cm³/mol. The number of nitrogens with zero attached hydrogens (tertiary/aromatic N) is 1. The Balaban J connectivity index is 2.34. The molecule has 3 N–H and O–H groups in total. The molecule has 0 radical (unpaired) electrons. The predicted octanol–water partition coefficient (Wildman–Crippen LogP) is 1.26. The molecule has 114 valence electrons. The lowest BCUT2D eigenvalue weighted by atomic mass is 10.3. The molecule has 0 saturated carbocycles. The normalized spacial score (nSPS) is 13.1. The van der Waals surface area contributed by atoms with Gasteiger partial charge in [0.15, 0.2) is 15.0 Å². The summed E-state index contributed by atoms with van der Waals surface area (Å²) in [5.41, 5.74) is 6.84. The third kappa shape index (κ3) is 3.24. The van der Waals surface area contributed by atoms with Crippen LogP contribution in [-0.4, -0.2) is 37.9 Å². The van der Waals surface area contributed by atoms with Crippen molar-refractivity contribution in [3.05, 3.63) is 12.1 Å². The summed E-state index contributed by atoms with van der Waals surface area (Å²) in [4.78, 5) is 16.1. The summed E-state index contributed by atoms with van der Waals surface area (Å²) in [6.45, 7) is 1.33. The molecule has 0 spiro atoms. The molecule has 0 fully saturated rings. The highest BCUT2D eigenvalue weighted by Gasteiger charge is 2.24. The van der Waals surface area contributed by atoms with E-state index in [1.807, 2.05) is 0 Å². The highest BCUT2D eigenvalue weighted by molar-refractivity contribution is 7.92. The van der Waals surface area contributed by atoms with Gasteiger partial charge in [-0.1, -0.05) is 11.3 Å². The fourth-order valence-electron chi connectivity index (χ4n) is 1.63. The lowest BCUT2D eigenvalue weighted by Crippen LogP contribution is -2.31. The first-order chi connectivity index (χ1) is 9.72. The van der Waals surface area contributed by atoms with E-state index in [0.29, 0.717) is 22.1 Å². The molecule has 1 heterocycles. The van der Waals surface area contributed by atoms with E-state index in [1.54, 1.807) is 12.1 Å². The monoisotopic (exact) mass is 329 g/mol. The fraction of sp³-hybridized carbons (Fsp3) is 0.333. The lowest BCUT2D eigenvalue weighted by molar-refractivity contribution is -0.115. The summed E-state index contributed by atoms with van der Waals surface area (Å²) in [5.74, 6) is -0.124. The number of thiazole rings is 1. The number of anilines is 2. The van der Waals surface area contributed by atoms with Gasteiger partial charge in [-0.05, 0) is 13.0 Å². The van der Waals surface area contributed by atoms with E-state index in [0.717, 1.165) is 11.0 Å². The van der Waals surface area contributed by atoms with Gasteiger partial charge in [-0.15, -0.1) is 0 Å². The van der Waals surface area contributed by atoms with E-state index in [4.69, 9.17) is 10.5 Å². The molecule has 0 aliphatic rings. The summed E-state index contributed by atoms with van der Waals surface area (Å²) >= 11 is 1.20. The van der Waals surface area contributed by atoms with E-state index in [1.165, 1.54) is 25.4 Å². The van der Waals surface area contributed by atoms with E-state index in [9.17, 15) is 13.2 Å². The number of carbonyl (C=O) groups is 1. The Morgan fingerprint density at radius 3 is 2.71 bits per heavy atom. The molecule has 1 aromatic heterocycles. The largest absolute Gasteiger partial charge is 0.494 e. The van der Waals surface area contributed by atoms with E-state index in [2.05, 4.69) is 10.3 Å². The zero-order valence-electron chi connectivity index (χ0n) is 11.7. The minimum Gasteiger partial charge on any atom is -0.494 e. The average molecular weight is 329 g/mol. The Morgan fingerprint density at radius 2 is 2.14 bits per heavy atom. The Kier molecular flexibility index (Phi) is 4.06. The third-order valence-corrected chi connectivity index (χ3v) is 5.36. The number of sulfone groups is 1. The van der Waals surface area contributed by atoms with Gasteiger partial charge in [0.2, 0.25) is 5.91 Å². The maximum atomic E-state index is 11.9. The highest BCUT2D eigenvalue weighted by Crippen LogP contribution is 2.34. The number of carbonyl (C=O) groups excluding carboxylic acids is 1. The third-order valence-electron chi connectivity index (χ3n) is 2.94. The van der Waals surface area contributed by atoms with Crippen molar-refractivity contribution in [1.29, 1.82) is 0 Å². The first-order valence-electron chi connectivity index (χ1n) is 5.96. The van der Waals surface area contributed by atoms with Crippen LogP contribution < -0.4 is 15.8 Å². The number of hydrogen-bond acceptors (Lipinski definition) is 7. The van der Waals surface area contributed by atoms with Gasteiger partial charge < -0.3 is 15.8 Å². The number of hydrogen-bond donors (Lipinski definition) is 2. The lowest BCUT2D eigenvalue weighted by Gasteiger charge is -2.07. The van der Waals surface area contributed by atoms with Gasteiger partial charge in [0.1, 0.15) is 16.5 Å². The molecular weight excluding hydrogens is 314 g/mol. The minimum atomic E-state index is -3.45. The SMILES string of the molecule is COc1cc(N)cc2sc(NC(=O)C(C)S(C)(=O)=O)nc12. The Bertz CT molecular complexity index is 798. The fourth-order valence-corrected chi connectivity index (χ4v) is 3.01. The first-order valence-corrected chi connectivity index (χ1v) is 8.73. The van der Waals surface area contributed by atoms with Crippen LogP contribution in [0.3, 0.4) is 0 Å².